The van der Waals surface area contributed by atoms with Crippen LogP contribution in [0.1, 0.15) is 43.1 Å². The third-order valence-corrected chi connectivity index (χ3v) is 5.11. The molecule has 1 aliphatic carbocycles. The smallest absolute Gasteiger partial charge is 0.222 e. The second-order valence-electron chi connectivity index (χ2n) is 6.74. The number of hydrogen-bond donors (Lipinski definition) is 1. The van der Waals surface area contributed by atoms with Gasteiger partial charge in [0.05, 0.1) is 30.4 Å². The van der Waals surface area contributed by atoms with Crippen molar-refractivity contribution in [1.29, 1.82) is 0 Å². The van der Waals surface area contributed by atoms with Gasteiger partial charge in [0.1, 0.15) is 0 Å². The lowest BCUT2D eigenvalue weighted by Crippen LogP contribution is -2.47. The van der Waals surface area contributed by atoms with Crippen molar-refractivity contribution in [2.45, 2.75) is 50.9 Å². The van der Waals surface area contributed by atoms with Crippen molar-refractivity contribution in [3.05, 3.63) is 48.0 Å². The highest BCUT2D eigenvalue weighted by atomic mass is 16.1. The fraction of sp³-hybridized carbons (Fsp3) is 0.500. The number of pyridine rings is 1. The fourth-order valence-corrected chi connectivity index (χ4v) is 3.58. The molecule has 4 rings (SSSR count). The van der Waals surface area contributed by atoms with Gasteiger partial charge in [-0.3, -0.25) is 19.4 Å². The zero-order valence-electron chi connectivity index (χ0n) is 13.8. The molecule has 0 spiro atoms. The SMILES string of the molecule is O=C(C[C@H]1CN(C2CCC2)Cc2ccnn21)NCc1ccccn1. The van der Waals surface area contributed by atoms with Crippen LogP contribution in [-0.2, 0) is 17.9 Å². The zero-order valence-corrected chi connectivity index (χ0v) is 13.8. The molecule has 0 radical (unpaired) electrons. The number of amides is 1. The summed E-state index contributed by atoms with van der Waals surface area (Å²) in [5.41, 5.74) is 2.10. The summed E-state index contributed by atoms with van der Waals surface area (Å²) in [6.07, 6.45) is 7.95. The topological polar surface area (TPSA) is 63.1 Å². The van der Waals surface area contributed by atoms with Gasteiger partial charge in [0.15, 0.2) is 0 Å². The third-order valence-electron chi connectivity index (χ3n) is 5.11. The lowest BCUT2D eigenvalue weighted by molar-refractivity contribution is -0.122. The first-order valence-corrected chi connectivity index (χ1v) is 8.72. The molecular formula is C18H23N5O. The predicted octanol–water partition coefficient (Wildman–Crippen LogP) is 1.89. The molecule has 2 aromatic heterocycles. The van der Waals surface area contributed by atoms with Crippen molar-refractivity contribution < 1.29 is 4.79 Å². The summed E-state index contributed by atoms with van der Waals surface area (Å²) in [4.78, 5) is 19.1. The number of nitrogens with one attached hydrogen (secondary N) is 1. The molecule has 0 saturated heterocycles. The third kappa shape index (κ3) is 3.19. The summed E-state index contributed by atoms with van der Waals surface area (Å²) in [6, 6.07) is 8.61. The Hall–Kier alpha value is -2.21. The quantitative estimate of drug-likeness (QED) is 0.912. The maximum atomic E-state index is 12.4. The molecule has 24 heavy (non-hydrogen) atoms. The number of hydrogen-bond acceptors (Lipinski definition) is 4. The van der Waals surface area contributed by atoms with E-state index < -0.39 is 0 Å². The molecule has 1 saturated carbocycles. The van der Waals surface area contributed by atoms with Gasteiger partial charge in [0.2, 0.25) is 5.91 Å². The standard InChI is InChI=1S/C18H23N5O/c24-18(20-11-14-4-1-2-8-19-14)10-17-13-22(15-5-3-6-15)12-16-7-9-21-23(16)17/h1-2,4,7-9,15,17H,3,5-6,10-13H2,(H,20,24)/t17-/m0/s1. The molecule has 3 heterocycles. The van der Waals surface area contributed by atoms with Crippen molar-refractivity contribution in [2.24, 2.45) is 0 Å². The van der Waals surface area contributed by atoms with Gasteiger partial charge in [0, 0.05) is 31.5 Å². The maximum absolute atomic E-state index is 12.4. The number of carbonyl (C=O) groups is 1. The summed E-state index contributed by atoms with van der Waals surface area (Å²) >= 11 is 0. The van der Waals surface area contributed by atoms with E-state index in [0.717, 1.165) is 18.8 Å². The lowest BCUT2D eigenvalue weighted by atomic mass is 9.90. The zero-order chi connectivity index (χ0) is 16.4. The highest BCUT2D eigenvalue weighted by molar-refractivity contribution is 5.76. The van der Waals surface area contributed by atoms with Crippen LogP contribution in [0, 0.1) is 0 Å². The van der Waals surface area contributed by atoms with Crippen molar-refractivity contribution in [3.8, 4) is 0 Å². The van der Waals surface area contributed by atoms with E-state index in [2.05, 4.69) is 26.4 Å². The summed E-state index contributed by atoms with van der Waals surface area (Å²) in [7, 11) is 0. The first-order chi connectivity index (χ1) is 11.8. The van der Waals surface area contributed by atoms with Gasteiger partial charge in [0.25, 0.3) is 0 Å². The van der Waals surface area contributed by atoms with E-state index in [4.69, 9.17) is 0 Å². The summed E-state index contributed by atoms with van der Waals surface area (Å²) < 4.78 is 2.04. The molecule has 6 nitrogen and oxygen atoms in total. The van der Waals surface area contributed by atoms with Crippen molar-refractivity contribution in [3.63, 3.8) is 0 Å². The number of fused-ring (bicyclic) bond motifs is 1. The first kappa shape index (κ1) is 15.3. The minimum absolute atomic E-state index is 0.0579. The van der Waals surface area contributed by atoms with Gasteiger partial charge in [-0.1, -0.05) is 12.5 Å². The van der Waals surface area contributed by atoms with E-state index in [1.807, 2.05) is 29.1 Å². The molecule has 1 N–H and O–H groups in total. The van der Waals surface area contributed by atoms with Crippen LogP contribution in [0.25, 0.3) is 0 Å². The van der Waals surface area contributed by atoms with Crippen LogP contribution >= 0.6 is 0 Å². The van der Waals surface area contributed by atoms with Crippen LogP contribution < -0.4 is 5.32 Å². The molecular weight excluding hydrogens is 302 g/mol. The van der Waals surface area contributed by atoms with Crippen molar-refractivity contribution in [1.82, 2.24) is 25.0 Å². The number of aromatic nitrogens is 3. The van der Waals surface area contributed by atoms with E-state index in [9.17, 15) is 4.79 Å². The molecule has 1 atom stereocenters. The van der Waals surface area contributed by atoms with Crippen molar-refractivity contribution >= 4 is 5.91 Å². The minimum Gasteiger partial charge on any atom is -0.350 e. The molecule has 0 aromatic carbocycles. The highest BCUT2D eigenvalue weighted by Gasteiger charge is 2.33. The van der Waals surface area contributed by atoms with Crippen LogP contribution in [-0.4, -0.2) is 38.2 Å². The largest absolute Gasteiger partial charge is 0.350 e. The lowest BCUT2D eigenvalue weighted by Gasteiger charge is -2.42. The van der Waals surface area contributed by atoms with Crippen LogP contribution in [0.3, 0.4) is 0 Å². The molecule has 1 amide bonds. The van der Waals surface area contributed by atoms with E-state index in [0.29, 0.717) is 19.0 Å². The molecule has 6 heteroatoms. The van der Waals surface area contributed by atoms with Gasteiger partial charge in [-0.25, -0.2) is 0 Å². The number of nitrogens with zero attached hydrogens (tertiary/aromatic N) is 4. The highest BCUT2D eigenvalue weighted by Crippen LogP contribution is 2.31. The van der Waals surface area contributed by atoms with Crippen molar-refractivity contribution in [2.75, 3.05) is 6.54 Å². The normalized spacial score (nSPS) is 21.1. The van der Waals surface area contributed by atoms with Crippen LogP contribution in [0.2, 0.25) is 0 Å². The Labute approximate surface area is 141 Å². The van der Waals surface area contributed by atoms with E-state index in [-0.39, 0.29) is 11.9 Å². The van der Waals surface area contributed by atoms with Gasteiger partial charge in [-0.05, 0) is 31.0 Å². The van der Waals surface area contributed by atoms with Gasteiger partial charge >= 0.3 is 0 Å². The second kappa shape index (κ2) is 6.73. The summed E-state index contributed by atoms with van der Waals surface area (Å²) in [6.45, 7) is 2.35. The molecule has 2 aromatic rings. The molecule has 0 unspecified atom stereocenters. The van der Waals surface area contributed by atoms with Crippen LogP contribution in [0.4, 0.5) is 0 Å². The Morgan fingerprint density at radius 1 is 1.25 bits per heavy atom. The average molecular weight is 325 g/mol. The molecule has 126 valence electrons. The molecule has 1 fully saturated rings. The van der Waals surface area contributed by atoms with Gasteiger partial charge < -0.3 is 5.32 Å². The molecule has 1 aliphatic heterocycles. The Morgan fingerprint density at radius 2 is 2.17 bits per heavy atom. The van der Waals surface area contributed by atoms with Crippen LogP contribution in [0.15, 0.2) is 36.7 Å². The molecule has 2 aliphatic rings. The summed E-state index contributed by atoms with van der Waals surface area (Å²) in [5, 5.41) is 7.43. The molecule has 0 bridgehead atoms. The predicted molar refractivity (Wildman–Crippen MR) is 90.0 cm³/mol. The first-order valence-electron chi connectivity index (χ1n) is 8.72. The summed E-state index contributed by atoms with van der Waals surface area (Å²) in [5.74, 6) is 0.0579. The van der Waals surface area contributed by atoms with Gasteiger partial charge in [-0.15, -0.1) is 0 Å². The number of rotatable bonds is 5. The average Bonchev–Trinajstić information content (AvgIpc) is 3.01. The van der Waals surface area contributed by atoms with E-state index in [1.165, 1.54) is 25.0 Å². The van der Waals surface area contributed by atoms with E-state index >= 15 is 0 Å². The minimum atomic E-state index is 0.0579. The van der Waals surface area contributed by atoms with Crippen LogP contribution in [0.5, 0.6) is 0 Å². The van der Waals surface area contributed by atoms with E-state index in [1.54, 1.807) is 6.20 Å². The number of carbonyl (C=O) groups excluding carboxylic acids is 1. The Morgan fingerprint density at radius 3 is 2.92 bits per heavy atom. The Balaban J connectivity index is 1.38. The Kier molecular flexibility index (Phi) is 4.30. The van der Waals surface area contributed by atoms with Gasteiger partial charge in [-0.2, -0.15) is 5.10 Å². The second-order valence-corrected chi connectivity index (χ2v) is 6.74. The maximum Gasteiger partial charge on any atom is 0.222 e. The monoisotopic (exact) mass is 325 g/mol. The fourth-order valence-electron chi connectivity index (χ4n) is 3.58. The Bertz CT molecular complexity index is 694.